The molecule has 3 heteroatoms. The van der Waals surface area contributed by atoms with Gasteiger partial charge in [-0.1, -0.05) is 18.6 Å². The zero-order chi connectivity index (χ0) is 14.0. The second-order valence-electron chi connectivity index (χ2n) is 5.64. The first-order valence-electron chi connectivity index (χ1n) is 7.92. The fourth-order valence-electron chi connectivity index (χ4n) is 2.72. The molecule has 1 fully saturated rings. The van der Waals surface area contributed by atoms with Gasteiger partial charge in [0.1, 0.15) is 5.75 Å². The van der Waals surface area contributed by atoms with Crippen LogP contribution in [0.1, 0.15) is 37.7 Å². The van der Waals surface area contributed by atoms with E-state index in [1.165, 1.54) is 44.5 Å². The molecule has 2 rings (SSSR count). The number of hydrogen-bond donors (Lipinski definition) is 1. The molecule has 0 atom stereocenters. The van der Waals surface area contributed by atoms with Crippen molar-refractivity contribution in [2.45, 2.75) is 38.5 Å². The molecular formula is C17H27NO2. The molecule has 0 bridgehead atoms. The molecule has 20 heavy (non-hydrogen) atoms. The van der Waals surface area contributed by atoms with Crippen LogP contribution in [0.15, 0.2) is 24.3 Å². The van der Waals surface area contributed by atoms with Gasteiger partial charge in [-0.3, -0.25) is 0 Å². The van der Waals surface area contributed by atoms with Gasteiger partial charge >= 0.3 is 0 Å². The van der Waals surface area contributed by atoms with E-state index in [-0.39, 0.29) is 0 Å². The molecule has 1 aromatic carbocycles. The van der Waals surface area contributed by atoms with Gasteiger partial charge in [-0.15, -0.1) is 0 Å². The highest BCUT2D eigenvalue weighted by atomic mass is 16.5. The van der Waals surface area contributed by atoms with Crippen molar-refractivity contribution in [2.24, 2.45) is 0 Å². The molecule has 1 aliphatic heterocycles. The summed E-state index contributed by atoms with van der Waals surface area (Å²) < 4.78 is 5.69. The van der Waals surface area contributed by atoms with Gasteiger partial charge < -0.3 is 14.7 Å². The van der Waals surface area contributed by atoms with Crippen LogP contribution >= 0.6 is 0 Å². The number of benzene rings is 1. The monoisotopic (exact) mass is 277 g/mol. The number of likely N-dealkylation sites (tertiary alicyclic amines) is 1. The van der Waals surface area contributed by atoms with Crippen molar-refractivity contribution in [3.8, 4) is 5.75 Å². The topological polar surface area (TPSA) is 32.7 Å². The summed E-state index contributed by atoms with van der Waals surface area (Å²) in [6.45, 7) is 5.46. The van der Waals surface area contributed by atoms with Crippen molar-refractivity contribution in [3.05, 3.63) is 29.8 Å². The molecule has 1 saturated heterocycles. The summed E-state index contributed by atoms with van der Waals surface area (Å²) in [4.78, 5) is 2.56. The third-order valence-electron chi connectivity index (χ3n) is 3.90. The van der Waals surface area contributed by atoms with Crippen molar-refractivity contribution < 1.29 is 9.84 Å². The molecule has 1 aromatic rings. The van der Waals surface area contributed by atoms with Gasteiger partial charge in [0.25, 0.3) is 0 Å². The lowest BCUT2D eigenvalue weighted by Gasteiger charge is -2.26. The van der Waals surface area contributed by atoms with Crippen molar-refractivity contribution in [1.29, 1.82) is 0 Å². The number of hydrogen-bond acceptors (Lipinski definition) is 3. The minimum atomic E-state index is 0.336. The Bertz CT molecular complexity index is 358. The second kappa shape index (κ2) is 8.98. The van der Waals surface area contributed by atoms with Crippen LogP contribution in [0.4, 0.5) is 0 Å². The van der Waals surface area contributed by atoms with Gasteiger partial charge in [0.05, 0.1) is 0 Å². The summed E-state index contributed by atoms with van der Waals surface area (Å²) in [6, 6.07) is 7.45. The van der Waals surface area contributed by atoms with E-state index in [0.29, 0.717) is 5.75 Å². The fourth-order valence-corrected chi connectivity index (χ4v) is 2.72. The SMILES string of the molecule is Oc1ccc(CCCOCCCN2CCCCC2)cc1. The van der Waals surface area contributed by atoms with Gasteiger partial charge in [0, 0.05) is 19.8 Å². The molecule has 0 aliphatic carbocycles. The maximum Gasteiger partial charge on any atom is 0.115 e. The summed E-state index contributed by atoms with van der Waals surface area (Å²) >= 11 is 0. The molecule has 0 unspecified atom stereocenters. The van der Waals surface area contributed by atoms with Gasteiger partial charge in [-0.2, -0.15) is 0 Å². The van der Waals surface area contributed by atoms with Crippen molar-refractivity contribution in [1.82, 2.24) is 4.90 Å². The van der Waals surface area contributed by atoms with Crippen molar-refractivity contribution in [2.75, 3.05) is 32.8 Å². The Morgan fingerprint density at radius 1 is 0.950 bits per heavy atom. The predicted molar refractivity (Wildman–Crippen MR) is 82.2 cm³/mol. The molecular weight excluding hydrogens is 250 g/mol. The maximum absolute atomic E-state index is 9.20. The van der Waals surface area contributed by atoms with E-state index >= 15 is 0 Å². The lowest BCUT2D eigenvalue weighted by molar-refractivity contribution is 0.115. The average molecular weight is 277 g/mol. The number of aromatic hydroxyl groups is 1. The van der Waals surface area contributed by atoms with E-state index in [9.17, 15) is 5.11 Å². The standard InChI is InChI=1S/C17H27NO2/c19-17-9-7-16(8-10-17)6-4-14-20-15-5-13-18-11-2-1-3-12-18/h7-10,19H,1-6,11-15H2. The number of rotatable bonds is 8. The molecule has 3 nitrogen and oxygen atoms in total. The van der Waals surface area contributed by atoms with Crippen LogP contribution in [0.25, 0.3) is 0 Å². The Balaban J connectivity index is 1.44. The number of piperidine rings is 1. The number of ether oxygens (including phenoxy) is 1. The summed E-state index contributed by atoms with van der Waals surface area (Å²) in [5.74, 6) is 0.336. The molecule has 0 spiro atoms. The average Bonchev–Trinajstić information content (AvgIpc) is 2.49. The zero-order valence-corrected chi connectivity index (χ0v) is 12.4. The number of nitrogens with zero attached hydrogens (tertiary/aromatic N) is 1. The first-order chi connectivity index (χ1) is 9.84. The molecule has 1 aliphatic rings. The lowest BCUT2D eigenvalue weighted by Crippen LogP contribution is -2.31. The Morgan fingerprint density at radius 2 is 1.65 bits per heavy atom. The molecule has 1 N–H and O–H groups in total. The Morgan fingerprint density at radius 3 is 2.40 bits per heavy atom. The van der Waals surface area contributed by atoms with Crippen molar-refractivity contribution >= 4 is 0 Å². The van der Waals surface area contributed by atoms with Crippen LogP contribution in [0.2, 0.25) is 0 Å². The molecule has 1 heterocycles. The number of phenols is 1. The van der Waals surface area contributed by atoms with Gasteiger partial charge in [0.2, 0.25) is 0 Å². The quantitative estimate of drug-likeness (QED) is 0.741. The second-order valence-corrected chi connectivity index (χ2v) is 5.64. The third kappa shape index (κ3) is 5.93. The highest BCUT2D eigenvalue weighted by molar-refractivity contribution is 5.25. The predicted octanol–water partition coefficient (Wildman–Crippen LogP) is 3.22. The lowest BCUT2D eigenvalue weighted by atomic mass is 10.1. The summed E-state index contributed by atoms with van der Waals surface area (Å²) in [7, 11) is 0. The highest BCUT2D eigenvalue weighted by Crippen LogP contribution is 2.11. The fraction of sp³-hybridized carbons (Fsp3) is 0.647. The maximum atomic E-state index is 9.20. The Hall–Kier alpha value is -1.06. The van der Waals surface area contributed by atoms with E-state index in [2.05, 4.69) is 4.90 Å². The molecule has 0 saturated carbocycles. The Labute approximate surface area is 122 Å². The molecule has 0 aromatic heterocycles. The number of phenolic OH excluding ortho intramolecular Hbond substituents is 1. The van der Waals surface area contributed by atoms with Crippen molar-refractivity contribution in [3.63, 3.8) is 0 Å². The molecule has 0 radical (unpaired) electrons. The summed E-state index contributed by atoms with van der Waals surface area (Å²) in [5.41, 5.74) is 1.26. The van der Waals surface area contributed by atoms with Gasteiger partial charge in [-0.05, 0) is 62.9 Å². The highest BCUT2D eigenvalue weighted by Gasteiger charge is 2.08. The van der Waals surface area contributed by atoms with E-state index in [0.717, 1.165) is 32.5 Å². The first kappa shape index (κ1) is 15.3. The normalized spacial score (nSPS) is 16.4. The van der Waals surface area contributed by atoms with E-state index in [1.807, 2.05) is 12.1 Å². The van der Waals surface area contributed by atoms with Crippen LogP contribution in [-0.2, 0) is 11.2 Å². The Kier molecular flexibility index (Phi) is 6.89. The minimum absolute atomic E-state index is 0.336. The largest absolute Gasteiger partial charge is 0.508 e. The van der Waals surface area contributed by atoms with Gasteiger partial charge in [-0.25, -0.2) is 0 Å². The number of aryl methyl sites for hydroxylation is 1. The smallest absolute Gasteiger partial charge is 0.115 e. The van der Waals surface area contributed by atoms with Crippen LogP contribution in [0.5, 0.6) is 5.75 Å². The van der Waals surface area contributed by atoms with Crippen LogP contribution in [0.3, 0.4) is 0 Å². The minimum Gasteiger partial charge on any atom is -0.508 e. The molecule has 112 valence electrons. The molecule has 0 amide bonds. The van der Waals surface area contributed by atoms with Crippen LogP contribution in [-0.4, -0.2) is 42.9 Å². The third-order valence-corrected chi connectivity index (χ3v) is 3.90. The van der Waals surface area contributed by atoms with E-state index in [1.54, 1.807) is 12.1 Å². The van der Waals surface area contributed by atoms with Gasteiger partial charge in [0.15, 0.2) is 0 Å². The zero-order valence-electron chi connectivity index (χ0n) is 12.4. The van der Waals surface area contributed by atoms with Crippen LogP contribution in [0, 0.1) is 0 Å². The first-order valence-corrected chi connectivity index (χ1v) is 7.92. The van der Waals surface area contributed by atoms with E-state index in [4.69, 9.17) is 4.74 Å². The summed E-state index contributed by atoms with van der Waals surface area (Å²) in [6.07, 6.45) is 7.37. The van der Waals surface area contributed by atoms with Crippen LogP contribution < -0.4 is 0 Å². The summed E-state index contributed by atoms with van der Waals surface area (Å²) in [5, 5.41) is 9.20. The van der Waals surface area contributed by atoms with E-state index < -0.39 is 0 Å².